The quantitative estimate of drug-likeness (QED) is 0.871. The Bertz CT molecular complexity index is 623. The molecule has 2 aromatic carbocycles. The first-order chi connectivity index (χ1) is 9.63. The summed E-state index contributed by atoms with van der Waals surface area (Å²) in [7, 11) is 0. The Balaban J connectivity index is 1.66. The van der Waals surface area contributed by atoms with Crippen LogP contribution in [-0.4, -0.2) is 12.7 Å². The fourth-order valence-electron chi connectivity index (χ4n) is 2.20. The molecule has 0 spiro atoms. The molecule has 20 heavy (non-hydrogen) atoms. The van der Waals surface area contributed by atoms with Crippen LogP contribution < -0.4 is 15.2 Å². The highest BCUT2D eigenvalue weighted by atomic mass is 79.9. The van der Waals surface area contributed by atoms with Gasteiger partial charge in [-0.25, -0.2) is 4.39 Å². The molecule has 2 aromatic rings. The SMILES string of the molecule is Nc1cc(Br)c(F)cc1OCC1Cc2ccccc2O1. The van der Waals surface area contributed by atoms with Crippen LogP contribution in [0.3, 0.4) is 0 Å². The Morgan fingerprint density at radius 2 is 2.15 bits per heavy atom. The van der Waals surface area contributed by atoms with Crippen LogP contribution in [0.5, 0.6) is 11.5 Å². The number of rotatable bonds is 3. The number of nitrogens with two attached hydrogens (primary N) is 1. The number of hydrogen-bond donors (Lipinski definition) is 1. The molecule has 0 fully saturated rings. The Hall–Kier alpha value is -1.75. The first-order valence-corrected chi connectivity index (χ1v) is 7.04. The Labute approximate surface area is 124 Å². The molecule has 0 aromatic heterocycles. The first kappa shape index (κ1) is 13.2. The second-order valence-electron chi connectivity index (χ2n) is 4.67. The number of benzene rings is 2. The summed E-state index contributed by atoms with van der Waals surface area (Å²) in [5.74, 6) is 0.825. The van der Waals surface area contributed by atoms with Crippen molar-refractivity contribution in [3.63, 3.8) is 0 Å². The molecule has 0 amide bonds. The number of fused-ring (bicyclic) bond motifs is 1. The normalized spacial score (nSPS) is 16.6. The first-order valence-electron chi connectivity index (χ1n) is 6.25. The summed E-state index contributed by atoms with van der Waals surface area (Å²) in [4.78, 5) is 0. The van der Waals surface area contributed by atoms with E-state index < -0.39 is 5.82 Å². The van der Waals surface area contributed by atoms with Gasteiger partial charge in [0.2, 0.25) is 0 Å². The molecule has 104 valence electrons. The molecule has 1 unspecified atom stereocenters. The lowest BCUT2D eigenvalue weighted by atomic mass is 10.1. The summed E-state index contributed by atoms with van der Waals surface area (Å²) < 4.78 is 25.1. The fraction of sp³-hybridized carbons (Fsp3) is 0.200. The lowest BCUT2D eigenvalue weighted by Gasteiger charge is -2.14. The number of nitrogen functional groups attached to an aromatic ring is 1. The average molecular weight is 338 g/mol. The molecule has 1 atom stereocenters. The van der Waals surface area contributed by atoms with Gasteiger partial charge in [0.25, 0.3) is 0 Å². The highest BCUT2D eigenvalue weighted by molar-refractivity contribution is 9.10. The van der Waals surface area contributed by atoms with Gasteiger partial charge in [0.05, 0.1) is 10.2 Å². The lowest BCUT2D eigenvalue weighted by Crippen LogP contribution is -2.22. The van der Waals surface area contributed by atoms with Crippen molar-refractivity contribution >= 4 is 21.6 Å². The topological polar surface area (TPSA) is 44.5 Å². The van der Waals surface area contributed by atoms with Crippen molar-refractivity contribution in [1.29, 1.82) is 0 Å². The number of hydrogen-bond acceptors (Lipinski definition) is 3. The second kappa shape index (κ2) is 5.32. The third-order valence-corrected chi connectivity index (χ3v) is 3.80. The minimum atomic E-state index is -0.398. The molecule has 1 aliphatic rings. The van der Waals surface area contributed by atoms with Crippen molar-refractivity contribution in [1.82, 2.24) is 0 Å². The fourth-order valence-corrected chi connectivity index (χ4v) is 2.56. The van der Waals surface area contributed by atoms with E-state index in [0.29, 0.717) is 22.5 Å². The highest BCUT2D eigenvalue weighted by Gasteiger charge is 2.23. The number of ether oxygens (including phenoxy) is 2. The molecule has 2 N–H and O–H groups in total. The maximum Gasteiger partial charge on any atom is 0.145 e. The summed E-state index contributed by atoms with van der Waals surface area (Å²) in [6, 6.07) is 10.7. The minimum absolute atomic E-state index is 0.0708. The average Bonchev–Trinajstić information content (AvgIpc) is 2.84. The van der Waals surface area contributed by atoms with Crippen LogP contribution in [0.1, 0.15) is 5.56 Å². The zero-order chi connectivity index (χ0) is 14.1. The highest BCUT2D eigenvalue weighted by Crippen LogP contribution is 2.31. The molecule has 3 nitrogen and oxygen atoms in total. The predicted octanol–water partition coefficient (Wildman–Crippen LogP) is 3.55. The van der Waals surface area contributed by atoms with Crippen LogP contribution in [0.15, 0.2) is 40.9 Å². The van der Waals surface area contributed by atoms with E-state index in [0.717, 1.165) is 17.7 Å². The Kier molecular flexibility index (Phi) is 3.53. The summed E-state index contributed by atoms with van der Waals surface area (Å²) in [5.41, 5.74) is 7.36. The van der Waals surface area contributed by atoms with E-state index in [-0.39, 0.29) is 6.10 Å². The molecular weight excluding hydrogens is 325 g/mol. The summed E-state index contributed by atoms with van der Waals surface area (Å²) in [5, 5.41) is 0. The zero-order valence-corrected chi connectivity index (χ0v) is 12.2. The number of para-hydroxylation sites is 1. The van der Waals surface area contributed by atoms with Crippen molar-refractivity contribution in [2.45, 2.75) is 12.5 Å². The maximum atomic E-state index is 13.5. The van der Waals surface area contributed by atoms with Crippen LogP contribution in [0.2, 0.25) is 0 Å². The van der Waals surface area contributed by atoms with Crippen molar-refractivity contribution in [2.75, 3.05) is 12.3 Å². The maximum absolute atomic E-state index is 13.5. The van der Waals surface area contributed by atoms with Crippen LogP contribution >= 0.6 is 15.9 Å². The van der Waals surface area contributed by atoms with Gasteiger partial charge in [-0.3, -0.25) is 0 Å². The molecule has 1 aliphatic heterocycles. The van der Waals surface area contributed by atoms with E-state index in [9.17, 15) is 4.39 Å². The van der Waals surface area contributed by atoms with E-state index in [1.807, 2.05) is 24.3 Å². The zero-order valence-electron chi connectivity index (χ0n) is 10.6. The summed E-state index contributed by atoms with van der Waals surface area (Å²) in [6.45, 7) is 0.333. The van der Waals surface area contributed by atoms with Gasteiger partial charge in [-0.2, -0.15) is 0 Å². The van der Waals surface area contributed by atoms with Crippen molar-refractivity contribution in [2.24, 2.45) is 0 Å². The monoisotopic (exact) mass is 337 g/mol. The summed E-state index contributed by atoms with van der Waals surface area (Å²) in [6.07, 6.45) is 0.716. The van der Waals surface area contributed by atoms with E-state index in [2.05, 4.69) is 15.9 Å². The molecule has 1 heterocycles. The molecule has 0 aliphatic carbocycles. The van der Waals surface area contributed by atoms with Gasteiger partial charge < -0.3 is 15.2 Å². The van der Waals surface area contributed by atoms with Gasteiger partial charge in [0.15, 0.2) is 0 Å². The smallest absolute Gasteiger partial charge is 0.145 e. The number of halogens is 2. The van der Waals surface area contributed by atoms with Gasteiger partial charge in [0.1, 0.15) is 30.0 Å². The Morgan fingerprint density at radius 3 is 2.95 bits per heavy atom. The van der Waals surface area contributed by atoms with Crippen LogP contribution in [0.25, 0.3) is 0 Å². The molecule has 3 rings (SSSR count). The van der Waals surface area contributed by atoms with E-state index >= 15 is 0 Å². The molecule has 0 saturated heterocycles. The largest absolute Gasteiger partial charge is 0.487 e. The van der Waals surface area contributed by atoms with Gasteiger partial charge >= 0.3 is 0 Å². The third-order valence-electron chi connectivity index (χ3n) is 3.19. The molecule has 5 heteroatoms. The van der Waals surface area contributed by atoms with Crippen molar-refractivity contribution in [3.05, 3.63) is 52.3 Å². The molecule has 0 radical (unpaired) electrons. The standard InChI is InChI=1S/C15H13BrFNO2/c16-11-6-13(18)15(7-12(11)17)19-8-10-5-9-3-1-2-4-14(9)20-10/h1-4,6-7,10H,5,8,18H2. The predicted molar refractivity (Wildman–Crippen MR) is 78.6 cm³/mol. The van der Waals surface area contributed by atoms with Gasteiger partial charge in [0, 0.05) is 12.5 Å². The molecular formula is C15H13BrFNO2. The van der Waals surface area contributed by atoms with Crippen LogP contribution in [0.4, 0.5) is 10.1 Å². The van der Waals surface area contributed by atoms with Crippen molar-refractivity contribution in [3.8, 4) is 11.5 Å². The Morgan fingerprint density at radius 1 is 1.35 bits per heavy atom. The molecule has 0 saturated carbocycles. The van der Waals surface area contributed by atoms with Gasteiger partial charge in [-0.1, -0.05) is 18.2 Å². The number of anilines is 1. The minimum Gasteiger partial charge on any atom is -0.487 e. The van der Waals surface area contributed by atoms with Gasteiger partial charge in [-0.05, 0) is 33.6 Å². The van der Waals surface area contributed by atoms with Gasteiger partial charge in [-0.15, -0.1) is 0 Å². The van der Waals surface area contributed by atoms with E-state index in [1.54, 1.807) is 0 Å². The van der Waals surface area contributed by atoms with Crippen LogP contribution in [-0.2, 0) is 6.42 Å². The second-order valence-corrected chi connectivity index (χ2v) is 5.52. The third kappa shape index (κ3) is 2.58. The van der Waals surface area contributed by atoms with Crippen molar-refractivity contribution < 1.29 is 13.9 Å². The lowest BCUT2D eigenvalue weighted by molar-refractivity contribution is 0.149. The van der Waals surface area contributed by atoms with E-state index in [4.69, 9.17) is 15.2 Å². The van der Waals surface area contributed by atoms with Crippen LogP contribution in [0, 0.1) is 5.82 Å². The molecule has 0 bridgehead atoms. The summed E-state index contributed by atoms with van der Waals surface area (Å²) >= 11 is 3.08. The van der Waals surface area contributed by atoms with E-state index in [1.165, 1.54) is 12.1 Å².